The minimum atomic E-state index is -0.497. The summed E-state index contributed by atoms with van der Waals surface area (Å²) in [6, 6.07) is 4.07. The Kier molecular flexibility index (Phi) is 4.31. The van der Waals surface area contributed by atoms with E-state index in [1.54, 1.807) is 0 Å². The number of carbonyl (C=O) groups is 1. The van der Waals surface area contributed by atoms with Gasteiger partial charge in [0.2, 0.25) is 0 Å². The van der Waals surface area contributed by atoms with Crippen LogP contribution in [-0.2, 0) is 17.6 Å². The molecule has 0 amide bonds. The molecule has 0 radical (unpaired) electrons. The van der Waals surface area contributed by atoms with Crippen LogP contribution in [0, 0.1) is 0 Å². The molecule has 0 unspecified atom stereocenters. The Morgan fingerprint density at radius 3 is 2.89 bits per heavy atom. The predicted octanol–water partition coefficient (Wildman–Crippen LogP) is 2.88. The number of nitrogens with one attached hydrogen (secondary N) is 1. The minimum Gasteiger partial charge on any atom is -0.493 e. The molecule has 0 aliphatic carbocycles. The Bertz CT molecular complexity index is 497. The number of ketones is 1. The molecule has 1 heterocycles. The molecule has 0 bridgehead atoms. The largest absolute Gasteiger partial charge is 0.493 e. The first kappa shape index (κ1) is 14.5. The van der Waals surface area contributed by atoms with Crippen LogP contribution in [0.25, 0.3) is 0 Å². The Morgan fingerprint density at radius 2 is 2.21 bits per heavy atom. The fourth-order valence-corrected chi connectivity index (χ4v) is 2.96. The van der Waals surface area contributed by atoms with E-state index in [9.17, 15) is 4.79 Å². The van der Waals surface area contributed by atoms with Crippen molar-refractivity contribution in [2.45, 2.75) is 39.2 Å². The van der Waals surface area contributed by atoms with Gasteiger partial charge in [0, 0.05) is 22.9 Å². The Balaban J connectivity index is 2.22. The van der Waals surface area contributed by atoms with Crippen LogP contribution in [0.5, 0.6) is 5.75 Å². The number of carbonyl (C=O) groups excluding carboxylic acids is 1. The van der Waals surface area contributed by atoms with Gasteiger partial charge in [-0.05, 0) is 38.1 Å². The van der Waals surface area contributed by atoms with Crippen molar-refractivity contribution < 1.29 is 9.53 Å². The van der Waals surface area contributed by atoms with Crippen LogP contribution in [-0.4, -0.2) is 24.5 Å². The SMILES string of the molecule is CCNC(C)(C)C(=O)Cc1cc(Br)cc2c1OCC2. The molecule has 0 saturated heterocycles. The molecule has 3 nitrogen and oxygen atoms in total. The second kappa shape index (κ2) is 5.63. The van der Waals surface area contributed by atoms with E-state index in [1.165, 1.54) is 5.56 Å². The van der Waals surface area contributed by atoms with Gasteiger partial charge < -0.3 is 10.1 Å². The average molecular weight is 326 g/mol. The van der Waals surface area contributed by atoms with Crippen LogP contribution >= 0.6 is 15.9 Å². The Labute approximate surface area is 122 Å². The zero-order valence-electron chi connectivity index (χ0n) is 11.7. The first-order valence-corrected chi connectivity index (χ1v) is 7.45. The van der Waals surface area contributed by atoms with Crippen molar-refractivity contribution in [3.8, 4) is 5.75 Å². The number of benzene rings is 1. The van der Waals surface area contributed by atoms with Crippen LogP contribution < -0.4 is 10.1 Å². The van der Waals surface area contributed by atoms with Gasteiger partial charge in [-0.3, -0.25) is 4.79 Å². The summed E-state index contributed by atoms with van der Waals surface area (Å²) < 4.78 is 6.68. The zero-order chi connectivity index (χ0) is 14.0. The molecule has 1 aliphatic heterocycles. The standard InChI is InChI=1S/C15H20BrNO2/c1-4-17-15(2,3)13(18)9-11-8-12(16)7-10-5-6-19-14(10)11/h7-8,17H,4-6,9H2,1-3H3. The molecule has 1 aromatic carbocycles. The van der Waals surface area contributed by atoms with Crippen LogP contribution in [0.2, 0.25) is 0 Å². The van der Waals surface area contributed by atoms with E-state index in [-0.39, 0.29) is 5.78 Å². The number of rotatable bonds is 5. The second-order valence-corrected chi connectivity index (χ2v) is 6.32. The van der Waals surface area contributed by atoms with Crippen molar-refractivity contribution in [3.63, 3.8) is 0 Å². The van der Waals surface area contributed by atoms with Crippen molar-refractivity contribution in [2.75, 3.05) is 13.2 Å². The minimum absolute atomic E-state index is 0.185. The average Bonchev–Trinajstić information content (AvgIpc) is 2.76. The molecular formula is C15H20BrNO2. The lowest BCUT2D eigenvalue weighted by atomic mass is 9.92. The summed E-state index contributed by atoms with van der Waals surface area (Å²) >= 11 is 3.50. The summed E-state index contributed by atoms with van der Waals surface area (Å²) in [7, 11) is 0. The monoisotopic (exact) mass is 325 g/mol. The highest BCUT2D eigenvalue weighted by Crippen LogP contribution is 2.33. The lowest BCUT2D eigenvalue weighted by molar-refractivity contribution is -0.123. The van der Waals surface area contributed by atoms with Crippen molar-refractivity contribution in [3.05, 3.63) is 27.7 Å². The van der Waals surface area contributed by atoms with Gasteiger partial charge in [-0.2, -0.15) is 0 Å². The van der Waals surface area contributed by atoms with Gasteiger partial charge in [-0.15, -0.1) is 0 Å². The van der Waals surface area contributed by atoms with Gasteiger partial charge in [0.05, 0.1) is 12.1 Å². The van der Waals surface area contributed by atoms with Crippen molar-refractivity contribution in [1.29, 1.82) is 0 Å². The number of Topliss-reactive ketones (excluding diaryl/α,β-unsaturated/α-hetero) is 1. The quantitative estimate of drug-likeness (QED) is 0.904. The van der Waals surface area contributed by atoms with E-state index in [0.717, 1.165) is 28.8 Å². The third-order valence-electron chi connectivity index (χ3n) is 3.49. The molecule has 1 aliphatic rings. The maximum absolute atomic E-state index is 12.4. The maximum Gasteiger partial charge on any atom is 0.156 e. The smallest absolute Gasteiger partial charge is 0.156 e. The molecule has 0 fully saturated rings. The Morgan fingerprint density at radius 1 is 1.47 bits per heavy atom. The molecule has 1 aromatic rings. The normalized spacial score (nSPS) is 14.1. The summed E-state index contributed by atoms with van der Waals surface area (Å²) in [6.07, 6.45) is 1.33. The number of fused-ring (bicyclic) bond motifs is 1. The molecular weight excluding hydrogens is 306 g/mol. The molecule has 0 saturated carbocycles. The molecule has 0 aromatic heterocycles. The third-order valence-corrected chi connectivity index (χ3v) is 3.95. The number of hydrogen-bond acceptors (Lipinski definition) is 3. The molecule has 104 valence electrons. The summed E-state index contributed by atoms with van der Waals surface area (Å²) in [5.41, 5.74) is 1.68. The van der Waals surface area contributed by atoms with Crippen LogP contribution in [0.1, 0.15) is 31.9 Å². The summed E-state index contributed by atoms with van der Waals surface area (Å²) in [6.45, 7) is 7.36. The van der Waals surface area contributed by atoms with Gasteiger partial charge in [0.15, 0.2) is 5.78 Å². The lowest BCUT2D eigenvalue weighted by Gasteiger charge is -2.24. The van der Waals surface area contributed by atoms with Crippen molar-refractivity contribution in [2.24, 2.45) is 0 Å². The van der Waals surface area contributed by atoms with Gasteiger partial charge in [-0.25, -0.2) is 0 Å². The second-order valence-electron chi connectivity index (χ2n) is 5.41. The third kappa shape index (κ3) is 3.18. The summed E-state index contributed by atoms with van der Waals surface area (Å²) in [5, 5.41) is 3.22. The van der Waals surface area contributed by atoms with Crippen molar-refractivity contribution in [1.82, 2.24) is 5.32 Å². The molecule has 0 spiro atoms. The van der Waals surface area contributed by atoms with Crippen LogP contribution in [0.3, 0.4) is 0 Å². The highest BCUT2D eigenvalue weighted by atomic mass is 79.9. The van der Waals surface area contributed by atoms with Gasteiger partial charge in [0.25, 0.3) is 0 Å². The van der Waals surface area contributed by atoms with Gasteiger partial charge in [-0.1, -0.05) is 22.9 Å². The van der Waals surface area contributed by atoms with Gasteiger partial charge >= 0.3 is 0 Å². The van der Waals surface area contributed by atoms with E-state index in [0.29, 0.717) is 13.0 Å². The van der Waals surface area contributed by atoms with E-state index < -0.39 is 5.54 Å². The highest BCUT2D eigenvalue weighted by molar-refractivity contribution is 9.10. The highest BCUT2D eigenvalue weighted by Gasteiger charge is 2.28. The number of ether oxygens (including phenoxy) is 1. The molecule has 2 rings (SSSR count). The van der Waals surface area contributed by atoms with Crippen molar-refractivity contribution >= 4 is 21.7 Å². The number of likely N-dealkylation sites (N-methyl/N-ethyl adjacent to an activating group) is 1. The predicted molar refractivity (Wildman–Crippen MR) is 79.8 cm³/mol. The van der Waals surface area contributed by atoms with E-state index in [1.807, 2.05) is 26.8 Å². The summed E-state index contributed by atoms with van der Waals surface area (Å²) in [4.78, 5) is 12.4. The maximum atomic E-state index is 12.4. The van der Waals surface area contributed by atoms with E-state index >= 15 is 0 Å². The fraction of sp³-hybridized carbons (Fsp3) is 0.533. The van der Waals surface area contributed by atoms with E-state index in [4.69, 9.17) is 4.74 Å². The van der Waals surface area contributed by atoms with Crippen LogP contribution in [0.15, 0.2) is 16.6 Å². The van der Waals surface area contributed by atoms with Crippen LogP contribution in [0.4, 0.5) is 0 Å². The summed E-state index contributed by atoms with van der Waals surface area (Å²) in [5.74, 6) is 1.09. The first-order valence-electron chi connectivity index (χ1n) is 6.66. The molecule has 1 N–H and O–H groups in total. The number of hydrogen-bond donors (Lipinski definition) is 1. The van der Waals surface area contributed by atoms with Gasteiger partial charge in [0.1, 0.15) is 5.75 Å². The number of halogens is 1. The topological polar surface area (TPSA) is 38.3 Å². The molecule has 0 atom stereocenters. The lowest BCUT2D eigenvalue weighted by Crippen LogP contribution is -2.47. The fourth-order valence-electron chi connectivity index (χ4n) is 2.41. The molecule has 4 heteroatoms. The zero-order valence-corrected chi connectivity index (χ0v) is 13.3. The Hall–Kier alpha value is -0.870. The molecule has 19 heavy (non-hydrogen) atoms. The first-order chi connectivity index (χ1) is 8.94. The van der Waals surface area contributed by atoms with E-state index in [2.05, 4.69) is 27.3 Å².